The molecule has 22 heavy (non-hydrogen) atoms. The van der Waals surface area contributed by atoms with Gasteiger partial charge in [-0.1, -0.05) is 13.8 Å². The Bertz CT molecular complexity index is 672. The molecule has 0 saturated heterocycles. The van der Waals surface area contributed by atoms with Crippen LogP contribution in [0.3, 0.4) is 0 Å². The molecule has 6 nitrogen and oxygen atoms in total. The summed E-state index contributed by atoms with van der Waals surface area (Å²) in [6.07, 6.45) is 1.50. The quantitative estimate of drug-likeness (QED) is 0.729. The predicted octanol–water partition coefficient (Wildman–Crippen LogP) is 1.19. The molecular formula is C14H20FN3O3S. The van der Waals surface area contributed by atoms with Crippen LogP contribution in [0.5, 0.6) is 0 Å². The van der Waals surface area contributed by atoms with Gasteiger partial charge in [0.2, 0.25) is 15.9 Å². The summed E-state index contributed by atoms with van der Waals surface area (Å²) in [6, 6.07) is 2.56. The summed E-state index contributed by atoms with van der Waals surface area (Å²) < 4.78 is 40.4. The molecule has 1 aromatic rings. The fourth-order valence-corrected chi connectivity index (χ4v) is 3.21. The van der Waals surface area contributed by atoms with E-state index in [1.165, 1.54) is 6.07 Å². The van der Waals surface area contributed by atoms with Crippen molar-refractivity contribution in [3.63, 3.8) is 0 Å². The van der Waals surface area contributed by atoms with Crippen molar-refractivity contribution in [1.82, 2.24) is 4.72 Å². The molecule has 0 spiro atoms. The topological polar surface area (TPSA) is 101 Å². The third-order valence-electron chi connectivity index (χ3n) is 3.41. The van der Waals surface area contributed by atoms with Crippen molar-refractivity contribution >= 4 is 21.6 Å². The first kappa shape index (κ1) is 16.9. The summed E-state index contributed by atoms with van der Waals surface area (Å²) in [6.45, 7) is 3.59. The number of hydrogen-bond acceptors (Lipinski definition) is 4. The van der Waals surface area contributed by atoms with Crippen LogP contribution in [0.25, 0.3) is 0 Å². The van der Waals surface area contributed by atoms with Crippen LogP contribution in [0.15, 0.2) is 23.1 Å². The minimum Gasteiger partial charge on any atom is -0.325 e. The third kappa shape index (κ3) is 4.02. The van der Waals surface area contributed by atoms with Crippen molar-refractivity contribution in [2.75, 3.05) is 5.32 Å². The summed E-state index contributed by atoms with van der Waals surface area (Å²) in [5.41, 5.74) is 5.91. The molecule has 1 amide bonds. The fraction of sp³-hybridized carbons (Fsp3) is 0.500. The number of carbonyl (C=O) groups excluding carboxylic acids is 1. The van der Waals surface area contributed by atoms with Crippen molar-refractivity contribution in [2.45, 2.75) is 43.7 Å². The smallest absolute Gasteiger partial charge is 0.243 e. The van der Waals surface area contributed by atoms with Crippen molar-refractivity contribution in [2.24, 2.45) is 11.7 Å². The molecule has 0 radical (unpaired) electrons. The zero-order chi connectivity index (χ0) is 16.5. The number of nitrogens with two attached hydrogens (primary N) is 1. The van der Waals surface area contributed by atoms with Gasteiger partial charge in [0, 0.05) is 11.7 Å². The van der Waals surface area contributed by atoms with E-state index in [9.17, 15) is 17.6 Å². The van der Waals surface area contributed by atoms with E-state index in [1.54, 1.807) is 13.8 Å². The zero-order valence-corrected chi connectivity index (χ0v) is 13.3. The van der Waals surface area contributed by atoms with Crippen LogP contribution >= 0.6 is 0 Å². The lowest BCUT2D eigenvalue weighted by atomic mass is 10.1. The largest absolute Gasteiger partial charge is 0.325 e. The van der Waals surface area contributed by atoms with E-state index in [4.69, 9.17) is 5.73 Å². The Labute approximate surface area is 129 Å². The summed E-state index contributed by atoms with van der Waals surface area (Å²) in [4.78, 5) is 11.4. The highest BCUT2D eigenvalue weighted by molar-refractivity contribution is 7.89. The first-order valence-corrected chi connectivity index (χ1v) is 8.57. The Kier molecular flexibility index (Phi) is 4.84. The average molecular weight is 329 g/mol. The molecule has 0 aliphatic heterocycles. The van der Waals surface area contributed by atoms with E-state index in [1.807, 2.05) is 0 Å². The number of nitrogens with one attached hydrogen (secondary N) is 2. The minimum atomic E-state index is -3.93. The first-order chi connectivity index (χ1) is 10.2. The van der Waals surface area contributed by atoms with Gasteiger partial charge in [-0.25, -0.2) is 17.5 Å². The highest BCUT2D eigenvalue weighted by Gasteiger charge is 2.30. The van der Waals surface area contributed by atoms with Gasteiger partial charge in [0.1, 0.15) is 10.7 Å². The summed E-state index contributed by atoms with van der Waals surface area (Å²) in [7, 11) is -3.93. The van der Waals surface area contributed by atoms with Gasteiger partial charge in [0.15, 0.2) is 0 Å². The molecule has 1 saturated carbocycles. The maximum Gasteiger partial charge on any atom is 0.243 e. The second kappa shape index (κ2) is 6.31. The number of rotatable bonds is 6. The van der Waals surface area contributed by atoms with Crippen LogP contribution < -0.4 is 15.8 Å². The third-order valence-corrected chi connectivity index (χ3v) is 4.94. The van der Waals surface area contributed by atoms with Crippen molar-refractivity contribution in [3.05, 3.63) is 24.0 Å². The second-order valence-corrected chi connectivity index (χ2v) is 7.48. The fourth-order valence-electron chi connectivity index (χ4n) is 1.80. The van der Waals surface area contributed by atoms with Gasteiger partial charge < -0.3 is 11.1 Å². The van der Waals surface area contributed by atoms with Gasteiger partial charge in [-0.2, -0.15) is 0 Å². The SMILES string of the molecule is CC(C)[C@H](N)C(=O)Nc1ccc(F)c(S(=O)(=O)NC2CC2)c1. The molecule has 0 aromatic heterocycles. The molecular weight excluding hydrogens is 309 g/mol. The Balaban J connectivity index is 2.21. The maximum absolute atomic E-state index is 13.8. The molecule has 2 rings (SSSR count). The van der Waals surface area contributed by atoms with E-state index >= 15 is 0 Å². The van der Waals surface area contributed by atoms with E-state index < -0.39 is 32.7 Å². The van der Waals surface area contributed by atoms with E-state index in [2.05, 4.69) is 10.0 Å². The summed E-state index contributed by atoms with van der Waals surface area (Å²) >= 11 is 0. The summed E-state index contributed by atoms with van der Waals surface area (Å²) in [5, 5.41) is 2.51. The molecule has 0 bridgehead atoms. The number of benzene rings is 1. The first-order valence-electron chi connectivity index (χ1n) is 7.09. The molecule has 0 heterocycles. The maximum atomic E-state index is 13.8. The predicted molar refractivity (Wildman–Crippen MR) is 81.2 cm³/mol. The normalized spacial score (nSPS) is 16.6. The van der Waals surface area contributed by atoms with Crippen LogP contribution in [-0.4, -0.2) is 26.4 Å². The highest BCUT2D eigenvalue weighted by Crippen LogP contribution is 2.25. The molecule has 1 aromatic carbocycles. The van der Waals surface area contributed by atoms with Crippen LogP contribution in [0.4, 0.5) is 10.1 Å². The molecule has 1 atom stereocenters. The van der Waals surface area contributed by atoms with E-state index in [0.717, 1.165) is 25.0 Å². The van der Waals surface area contributed by atoms with Gasteiger partial charge in [-0.05, 0) is 37.0 Å². The number of carbonyl (C=O) groups is 1. The zero-order valence-electron chi connectivity index (χ0n) is 12.5. The Hall–Kier alpha value is -1.51. The number of halogens is 1. The van der Waals surface area contributed by atoms with Crippen LogP contribution in [0, 0.1) is 11.7 Å². The van der Waals surface area contributed by atoms with E-state index in [-0.39, 0.29) is 17.6 Å². The number of anilines is 1. The van der Waals surface area contributed by atoms with E-state index in [0.29, 0.717) is 0 Å². The molecule has 1 fully saturated rings. The van der Waals surface area contributed by atoms with Crippen molar-refractivity contribution in [1.29, 1.82) is 0 Å². The van der Waals surface area contributed by atoms with Crippen molar-refractivity contribution in [3.8, 4) is 0 Å². The second-order valence-electron chi connectivity index (χ2n) is 5.80. The Morgan fingerprint density at radius 2 is 2.00 bits per heavy atom. The Morgan fingerprint density at radius 3 is 2.55 bits per heavy atom. The minimum absolute atomic E-state index is 0.0693. The molecule has 1 aliphatic carbocycles. The van der Waals surface area contributed by atoms with Crippen molar-refractivity contribution < 1.29 is 17.6 Å². The molecule has 0 unspecified atom stereocenters. The van der Waals surface area contributed by atoms with Crippen LogP contribution in [-0.2, 0) is 14.8 Å². The lowest BCUT2D eigenvalue weighted by molar-refractivity contribution is -0.118. The van der Waals surface area contributed by atoms with Gasteiger partial charge >= 0.3 is 0 Å². The lowest BCUT2D eigenvalue weighted by Crippen LogP contribution is -2.39. The van der Waals surface area contributed by atoms with Crippen LogP contribution in [0.2, 0.25) is 0 Å². The monoisotopic (exact) mass is 329 g/mol. The Morgan fingerprint density at radius 1 is 1.36 bits per heavy atom. The highest BCUT2D eigenvalue weighted by atomic mass is 32.2. The van der Waals surface area contributed by atoms with Gasteiger partial charge in [0.05, 0.1) is 6.04 Å². The number of hydrogen-bond donors (Lipinski definition) is 3. The van der Waals surface area contributed by atoms with Gasteiger partial charge in [-0.3, -0.25) is 4.79 Å². The summed E-state index contributed by atoms with van der Waals surface area (Å²) in [5.74, 6) is -1.38. The molecule has 8 heteroatoms. The average Bonchev–Trinajstić information content (AvgIpc) is 3.22. The standard InChI is InChI=1S/C14H20FN3O3S/c1-8(2)13(16)14(19)17-10-5-6-11(15)12(7-10)22(20,21)18-9-3-4-9/h5-9,13,18H,3-4,16H2,1-2H3,(H,17,19)/t13-/m0/s1. The lowest BCUT2D eigenvalue weighted by Gasteiger charge is -2.16. The molecule has 4 N–H and O–H groups in total. The van der Waals surface area contributed by atoms with Crippen LogP contribution in [0.1, 0.15) is 26.7 Å². The molecule has 122 valence electrons. The molecule has 1 aliphatic rings. The van der Waals surface area contributed by atoms with Gasteiger partial charge in [-0.15, -0.1) is 0 Å². The number of sulfonamides is 1. The van der Waals surface area contributed by atoms with Gasteiger partial charge in [0.25, 0.3) is 0 Å². The number of amides is 1.